The molecule has 6 heteroatoms. The van der Waals surface area contributed by atoms with E-state index in [-0.39, 0.29) is 0 Å². The molecule has 0 saturated carbocycles. The standard InChI is InChI=1S/C18H27N5O/c1-19-18(22-15-11-14-4-5-16(15)24-14)21-12-13-6-7-20-17(10-13)23-8-2-3-9-23/h6-7,10,14-16H,2-5,8-9,11-12H2,1H3,(H2,19,21,22). The maximum Gasteiger partial charge on any atom is 0.191 e. The summed E-state index contributed by atoms with van der Waals surface area (Å²) in [7, 11) is 1.83. The van der Waals surface area contributed by atoms with Crippen LogP contribution in [0.1, 0.15) is 37.7 Å². The molecule has 3 fully saturated rings. The maximum absolute atomic E-state index is 5.91. The van der Waals surface area contributed by atoms with E-state index in [9.17, 15) is 0 Å². The van der Waals surface area contributed by atoms with Crippen molar-refractivity contribution < 1.29 is 4.74 Å². The van der Waals surface area contributed by atoms with Crippen LogP contribution < -0.4 is 15.5 Å². The number of fused-ring (bicyclic) bond motifs is 2. The van der Waals surface area contributed by atoms with Crippen molar-refractivity contribution in [2.75, 3.05) is 25.0 Å². The van der Waals surface area contributed by atoms with Crippen molar-refractivity contribution in [3.8, 4) is 0 Å². The topological polar surface area (TPSA) is 61.8 Å². The summed E-state index contributed by atoms with van der Waals surface area (Å²) < 4.78 is 5.91. The van der Waals surface area contributed by atoms with Gasteiger partial charge in [-0.05, 0) is 49.8 Å². The van der Waals surface area contributed by atoms with Gasteiger partial charge in [0.25, 0.3) is 0 Å². The molecule has 3 aliphatic rings. The van der Waals surface area contributed by atoms with Gasteiger partial charge in [0.1, 0.15) is 5.82 Å². The normalized spacial score (nSPS) is 29.3. The zero-order valence-corrected chi connectivity index (χ0v) is 14.4. The van der Waals surface area contributed by atoms with Gasteiger partial charge in [-0.15, -0.1) is 0 Å². The van der Waals surface area contributed by atoms with E-state index in [1.165, 1.54) is 31.2 Å². The van der Waals surface area contributed by atoms with E-state index < -0.39 is 0 Å². The lowest BCUT2D eigenvalue weighted by Crippen LogP contribution is -2.47. The summed E-state index contributed by atoms with van der Waals surface area (Å²) in [5.41, 5.74) is 1.24. The van der Waals surface area contributed by atoms with Crippen LogP contribution in [0.2, 0.25) is 0 Å². The number of hydrogen-bond donors (Lipinski definition) is 2. The van der Waals surface area contributed by atoms with E-state index in [2.05, 4.69) is 37.6 Å². The lowest BCUT2D eigenvalue weighted by molar-refractivity contribution is 0.0992. The Kier molecular flexibility index (Phi) is 4.56. The molecule has 0 spiro atoms. The second-order valence-corrected chi connectivity index (χ2v) is 7.00. The summed E-state index contributed by atoms with van der Waals surface area (Å²) in [4.78, 5) is 11.2. The van der Waals surface area contributed by atoms with Gasteiger partial charge in [-0.2, -0.15) is 0 Å². The van der Waals surface area contributed by atoms with Gasteiger partial charge in [0, 0.05) is 32.9 Å². The minimum absolute atomic E-state index is 0.358. The summed E-state index contributed by atoms with van der Waals surface area (Å²) in [6.07, 6.45) is 8.74. The fraction of sp³-hybridized carbons (Fsp3) is 0.667. The van der Waals surface area contributed by atoms with Crippen LogP contribution >= 0.6 is 0 Å². The number of nitrogens with zero attached hydrogens (tertiary/aromatic N) is 3. The molecule has 6 nitrogen and oxygen atoms in total. The van der Waals surface area contributed by atoms with Crippen LogP contribution in [0.25, 0.3) is 0 Å². The van der Waals surface area contributed by atoms with Gasteiger partial charge in [0.15, 0.2) is 5.96 Å². The molecular formula is C18H27N5O. The van der Waals surface area contributed by atoms with Crippen LogP contribution in [0.15, 0.2) is 23.3 Å². The lowest BCUT2D eigenvalue weighted by Gasteiger charge is -2.23. The molecule has 4 rings (SSSR count). The number of anilines is 1. The molecule has 3 unspecified atom stereocenters. The maximum atomic E-state index is 5.91. The van der Waals surface area contributed by atoms with E-state index in [1.54, 1.807) is 0 Å². The van der Waals surface area contributed by atoms with Gasteiger partial charge in [-0.25, -0.2) is 4.98 Å². The van der Waals surface area contributed by atoms with Gasteiger partial charge >= 0.3 is 0 Å². The first-order valence-electron chi connectivity index (χ1n) is 9.14. The van der Waals surface area contributed by atoms with E-state index in [1.807, 2.05) is 13.2 Å². The smallest absolute Gasteiger partial charge is 0.191 e. The van der Waals surface area contributed by atoms with E-state index in [0.29, 0.717) is 18.2 Å². The molecule has 3 saturated heterocycles. The largest absolute Gasteiger partial charge is 0.373 e. The monoisotopic (exact) mass is 329 g/mol. The van der Waals surface area contributed by atoms with Crippen molar-refractivity contribution in [2.45, 2.75) is 56.9 Å². The van der Waals surface area contributed by atoms with Crippen molar-refractivity contribution >= 4 is 11.8 Å². The molecule has 0 aromatic carbocycles. The molecule has 0 amide bonds. The number of hydrogen-bond acceptors (Lipinski definition) is 4. The number of ether oxygens (including phenoxy) is 1. The molecule has 130 valence electrons. The SMILES string of the molecule is CN=C(NCc1ccnc(N2CCCC2)c1)NC1CC2CCC1O2. The Balaban J connectivity index is 1.32. The first kappa shape index (κ1) is 15.7. The molecule has 0 aliphatic carbocycles. The third-order valence-corrected chi connectivity index (χ3v) is 5.35. The number of rotatable bonds is 4. The molecule has 24 heavy (non-hydrogen) atoms. The first-order valence-corrected chi connectivity index (χ1v) is 9.14. The van der Waals surface area contributed by atoms with Gasteiger partial charge in [0.05, 0.1) is 18.2 Å². The second kappa shape index (κ2) is 6.97. The third-order valence-electron chi connectivity index (χ3n) is 5.35. The van der Waals surface area contributed by atoms with Crippen molar-refractivity contribution in [2.24, 2.45) is 4.99 Å². The minimum atomic E-state index is 0.358. The predicted molar refractivity (Wildman–Crippen MR) is 95.3 cm³/mol. The summed E-state index contributed by atoms with van der Waals surface area (Å²) in [5.74, 6) is 1.95. The van der Waals surface area contributed by atoms with Gasteiger partial charge in [-0.3, -0.25) is 4.99 Å². The highest BCUT2D eigenvalue weighted by molar-refractivity contribution is 5.80. The van der Waals surface area contributed by atoms with Crippen molar-refractivity contribution in [1.82, 2.24) is 15.6 Å². The molecule has 1 aromatic heterocycles. The number of aromatic nitrogens is 1. The molecule has 1 aromatic rings. The highest BCUT2D eigenvalue weighted by Crippen LogP contribution is 2.34. The van der Waals surface area contributed by atoms with Crippen LogP contribution in [-0.4, -0.2) is 49.3 Å². The number of nitrogens with one attached hydrogen (secondary N) is 2. The van der Waals surface area contributed by atoms with Crippen LogP contribution in [-0.2, 0) is 11.3 Å². The molecule has 2 N–H and O–H groups in total. The van der Waals surface area contributed by atoms with Crippen LogP contribution in [0.5, 0.6) is 0 Å². The number of pyridine rings is 1. The Hall–Kier alpha value is -1.82. The van der Waals surface area contributed by atoms with Crippen molar-refractivity contribution in [3.63, 3.8) is 0 Å². The van der Waals surface area contributed by atoms with E-state index in [0.717, 1.165) is 37.8 Å². The zero-order chi connectivity index (χ0) is 16.4. The minimum Gasteiger partial charge on any atom is -0.373 e. The molecular weight excluding hydrogens is 302 g/mol. The third kappa shape index (κ3) is 3.34. The Labute approximate surface area is 143 Å². The van der Waals surface area contributed by atoms with E-state index >= 15 is 0 Å². The molecule has 2 bridgehead atoms. The summed E-state index contributed by atoms with van der Waals surface area (Å²) in [6.45, 7) is 3.00. The van der Waals surface area contributed by atoms with Crippen molar-refractivity contribution in [1.29, 1.82) is 0 Å². The lowest BCUT2D eigenvalue weighted by atomic mass is 9.96. The van der Waals surface area contributed by atoms with E-state index in [4.69, 9.17) is 4.74 Å². The molecule has 4 heterocycles. The Morgan fingerprint density at radius 3 is 2.96 bits per heavy atom. The average molecular weight is 329 g/mol. The molecule has 0 radical (unpaired) electrons. The van der Waals surface area contributed by atoms with Crippen LogP contribution in [0.4, 0.5) is 5.82 Å². The van der Waals surface area contributed by atoms with Crippen LogP contribution in [0, 0.1) is 0 Å². The van der Waals surface area contributed by atoms with Crippen LogP contribution in [0.3, 0.4) is 0 Å². The highest BCUT2D eigenvalue weighted by Gasteiger charge is 2.41. The fourth-order valence-corrected chi connectivity index (χ4v) is 4.04. The predicted octanol–water partition coefficient (Wildman–Crippen LogP) is 1.67. The first-order chi connectivity index (χ1) is 11.8. The number of guanidine groups is 1. The highest BCUT2D eigenvalue weighted by atomic mass is 16.5. The molecule has 3 aliphatic heterocycles. The Morgan fingerprint density at radius 2 is 2.25 bits per heavy atom. The molecule has 3 atom stereocenters. The number of aliphatic imine (C=N–C) groups is 1. The fourth-order valence-electron chi connectivity index (χ4n) is 4.04. The summed E-state index contributed by atoms with van der Waals surface area (Å²) in [5, 5.41) is 6.95. The van der Waals surface area contributed by atoms with Gasteiger partial charge in [0.2, 0.25) is 0 Å². The summed E-state index contributed by atoms with van der Waals surface area (Å²) in [6, 6.07) is 4.65. The average Bonchev–Trinajstić information content (AvgIpc) is 3.36. The quantitative estimate of drug-likeness (QED) is 0.650. The van der Waals surface area contributed by atoms with Crippen molar-refractivity contribution in [3.05, 3.63) is 23.9 Å². The van der Waals surface area contributed by atoms with Gasteiger partial charge < -0.3 is 20.3 Å². The summed E-state index contributed by atoms with van der Waals surface area (Å²) >= 11 is 0. The van der Waals surface area contributed by atoms with Gasteiger partial charge in [-0.1, -0.05) is 0 Å². The zero-order valence-electron chi connectivity index (χ0n) is 14.4. The second-order valence-electron chi connectivity index (χ2n) is 7.00. The Bertz CT molecular complexity index is 599. The Morgan fingerprint density at radius 1 is 1.38 bits per heavy atom.